The highest BCUT2D eigenvalue weighted by atomic mass is 32.1. The fourth-order valence-corrected chi connectivity index (χ4v) is 3.51. The lowest BCUT2D eigenvalue weighted by atomic mass is 10.0. The second-order valence-corrected chi connectivity index (χ2v) is 6.25. The molecule has 2 atom stereocenters. The van der Waals surface area contributed by atoms with E-state index in [2.05, 4.69) is 24.5 Å². The molecule has 2 heterocycles. The minimum atomic E-state index is 0.373. The molecule has 1 aromatic heterocycles. The van der Waals surface area contributed by atoms with Gasteiger partial charge in [0.25, 0.3) is 0 Å². The Morgan fingerprint density at radius 1 is 1.50 bits per heavy atom. The van der Waals surface area contributed by atoms with E-state index < -0.39 is 0 Å². The van der Waals surface area contributed by atoms with Gasteiger partial charge in [-0.05, 0) is 50.7 Å². The number of hydrogen-bond acceptors (Lipinski definition) is 4. The van der Waals surface area contributed by atoms with Crippen LogP contribution >= 0.6 is 11.3 Å². The molecule has 0 aromatic carbocycles. The lowest BCUT2D eigenvalue weighted by molar-refractivity contribution is 0.0996. The molecule has 4 heteroatoms. The van der Waals surface area contributed by atoms with Crippen molar-refractivity contribution in [1.82, 2.24) is 5.43 Å². The average Bonchev–Trinajstić information content (AvgIpc) is 3.05. The van der Waals surface area contributed by atoms with Crippen molar-refractivity contribution in [1.29, 1.82) is 0 Å². The van der Waals surface area contributed by atoms with Crippen LogP contribution in [0.3, 0.4) is 0 Å². The van der Waals surface area contributed by atoms with Crippen molar-refractivity contribution >= 4 is 11.3 Å². The highest BCUT2D eigenvalue weighted by Gasteiger charge is 2.18. The minimum Gasteiger partial charge on any atom is -0.378 e. The molecule has 0 radical (unpaired) electrons. The van der Waals surface area contributed by atoms with Gasteiger partial charge in [-0.15, -0.1) is 11.3 Å². The SMILES string of the molecule is CCc1ccc(CC(CCC2CCCO2)NN)s1. The molecule has 2 unspecified atom stereocenters. The topological polar surface area (TPSA) is 47.3 Å². The summed E-state index contributed by atoms with van der Waals surface area (Å²) in [6.45, 7) is 3.14. The molecule has 1 aliphatic heterocycles. The summed E-state index contributed by atoms with van der Waals surface area (Å²) in [6.07, 6.45) is 7.29. The van der Waals surface area contributed by atoms with Crippen LogP contribution in [-0.2, 0) is 17.6 Å². The normalized spacial score (nSPS) is 21.3. The van der Waals surface area contributed by atoms with E-state index >= 15 is 0 Å². The number of nitrogens with two attached hydrogens (primary N) is 1. The number of thiophene rings is 1. The summed E-state index contributed by atoms with van der Waals surface area (Å²) in [6, 6.07) is 4.84. The first-order valence-corrected chi connectivity index (χ1v) is 7.78. The Bertz CT molecular complexity index is 347. The smallest absolute Gasteiger partial charge is 0.0576 e. The van der Waals surface area contributed by atoms with Gasteiger partial charge in [0.05, 0.1) is 6.10 Å². The van der Waals surface area contributed by atoms with E-state index in [0.717, 1.165) is 32.3 Å². The zero-order valence-electron chi connectivity index (χ0n) is 11.2. The molecule has 1 fully saturated rings. The number of rotatable bonds is 7. The lowest BCUT2D eigenvalue weighted by Crippen LogP contribution is -2.37. The van der Waals surface area contributed by atoms with Crippen molar-refractivity contribution in [3.63, 3.8) is 0 Å². The summed E-state index contributed by atoms with van der Waals surface area (Å²) in [5.41, 5.74) is 2.95. The molecule has 3 N–H and O–H groups in total. The van der Waals surface area contributed by atoms with Gasteiger partial charge >= 0.3 is 0 Å². The first kappa shape index (κ1) is 14.0. The Balaban J connectivity index is 1.77. The van der Waals surface area contributed by atoms with Gasteiger partial charge in [0.1, 0.15) is 0 Å². The Kier molecular flexibility index (Phi) is 5.63. The molecule has 102 valence electrons. The molecule has 18 heavy (non-hydrogen) atoms. The summed E-state index contributed by atoms with van der Waals surface area (Å²) in [4.78, 5) is 2.89. The third-order valence-electron chi connectivity index (χ3n) is 3.61. The van der Waals surface area contributed by atoms with Crippen LogP contribution in [-0.4, -0.2) is 18.8 Å². The molecule has 1 aliphatic rings. The van der Waals surface area contributed by atoms with Gasteiger partial charge < -0.3 is 4.74 Å². The largest absolute Gasteiger partial charge is 0.378 e. The predicted octanol–water partition coefficient (Wildman–Crippen LogP) is 2.64. The van der Waals surface area contributed by atoms with Crippen molar-refractivity contribution in [3.05, 3.63) is 21.9 Å². The second-order valence-electron chi connectivity index (χ2n) is 5.00. The molecule has 0 saturated carbocycles. The number of hydrogen-bond donors (Lipinski definition) is 2. The molecule has 3 nitrogen and oxygen atoms in total. The number of ether oxygens (including phenoxy) is 1. The van der Waals surface area contributed by atoms with E-state index in [1.165, 1.54) is 22.6 Å². The maximum Gasteiger partial charge on any atom is 0.0576 e. The predicted molar refractivity (Wildman–Crippen MR) is 76.7 cm³/mol. The van der Waals surface area contributed by atoms with Crippen LogP contribution < -0.4 is 11.3 Å². The first-order valence-electron chi connectivity index (χ1n) is 6.97. The summed E-state index contributed by atoms with van der Waals surface area (Å²) in [7, 11) is 0. The van der Waals surface area contributed by atoms with Crippen LogP contribution in [0.4, 0.5) is 0 Å². The highest BCUT2D eigenvalue weighted by Crippen LogP contribution is 2.22. The van der Waals surface area contributed by atoms with Gasteiger partial charge in [-0.1, -0.05) is 6.92 Å². The molecule has 1 saturated heterocycles. The van der Waals surface area contributed by atoms with E-state index in [4.69, 9.17) is 10.6 Å². The van der Waals surface area contributed by atoms with Crippen molar-refractivity contribution < 1.29 is 4.74 Å². The molecule has 0 amide bonds. The summed E-state index contributed by atoms with van der Waals surface area (Å²) < 4.78 is 5.65. The molecule has 0 bridgehead atoms. The molecule has 1 aromatic rings. The van der Waals surface area contributed by atoms with Crippen LogP contribution in [0, 0.1) is 0 Å². The Hall–Kier alpha value is -0.420. The van der Waals surface area contributed by atoms with Crippen LogP contribution in [0.25, 0.3) is 0 Å². The van der Waals surface area contributed by atoms with Crippen molar-refractivity contribution in [2.45, 2.75) is 57.6 Å². The van der Waals surface area contributed by atoms with Crippen molar-refractivity contribution in [3.8, 4) is 0 Å². The summed E-state index contributed by atoms with van der Waals surface area (Å²) in [5.74, 6) is 5.66. The molecular weight excluding hydrogens is 244 g/mol. The van der Waals surface area contributed by atoms with Crippen LogP contribution in [0.1, 0.15) is 42.4 Å². The summed E-state index contributed by atoms with van der Waals surface area (Å²) >= 11 is 1.91. The van der Waals surface area contributed by atoms with Crippen LogP contribution in [0.2, 0.25) is 0 Å². The van der Waals surface area contributed by atoms with E-state index in [0.29, 0.717) is 12.1 Å². The van der Waals surface area contributed by atoms with E-state index in [9.17, 15) is 0 Å². The van der Waals surface area contributed by atoms with Gasteiger partial charge in [0, 0.05) is 22.4 Å². The maximum atomic E-state index is 5.66. The van der Waals surface area contributed by atoms with Crippen LogP contribution in [0.5, 0.6) is 0 Å². The number of nitrogens with one attached hydrogen (secondary N) is 1. The van der Waals surface area contributed by atoms with Crippen LogP contribution in [0.15, 0.2) is 12.1 Å². The third kappa shape index (κ3) is 4.05. The van der Waals surface area contributed by atoms with Gasteiger partial charge in [-0.2, -0.15) is 0 Å². The van der Waals surface area contributed by atoms with Gasteiger partial charge in [0.2, 0.25) is 0 Å². The Morgan fingerprint density at radius 2 is 2.33 bits per heavy atom. The van der Waals surface area contributed by atoms with Gasteiger partial charge in [-0.25, -0.2) is 0 Å². The Labute approximate surface area is 114 Å². The minimum absolute atomic E-state index is 0.373. The van der Waals surface area contributed by atoms with E-state index in [1.807, 2.05) is 11.3 Å². The lowest BCUT2D eigenvalue weighted by Gasteiger charge is -2.17. The molecule has 2 rings (SSSR count). The fourth-order valence-electron chi connectivity index (χ4n) is 2.47. The summed E-state index contributed by atoms with van der Waals surface area (Å²) in [5, 5.41) is 0. The standard InChI is InChI=1S/C14H24N2OS/c1-2-13-7-8-14(18-13)10-11(16-15)5-6-12-4-3-9-17-12/h7-8,11-12,16H,2-6,9-10,15H2,1H3. The monoisotopic (exact) mass is 268 g/mol. The quantitative estimate of drug-likeness (QED) is 0.590. The van der Waals surface area contributed by atoms with E-state index in [1.54, 1.807) is 0 Å². The maximum absolute atomic E-state index is 5.66. The van der Waals surface area contributed by atoms with Gasteiger partial charge in [0.15, 0.2) is 0 Å². The highest BCUT2D eigenvalue weighted by molar-refractivity contribution is 7.11. The van der Waals surface area contributed by atoms with E-state index in [-0.39, 0.29) is 0 Å². The Morgan fingerprint density at radius 3 is 2.94 bits per heavy atom. The zero-order valence-corrected chi connectivity index (χ0v) is 12.0. The molecular formula is C14H24N2OS. The third-order valence-corrected chi connectivity index (χ3v) is 4.86. The fraction of sp³-hybridized carbons (Fsp3) is 0.714. The molecule has 0 spiro atoms. The number of aryl methyl sites for hydroxylation is 1. The molecule has 0 aliphatic carbocycles. The van der Waals surface area contributed by atoms with Crippen molar-refractivity contribution in [2.75, 3.05) is 6.61 Å². The zero-order chi connectivity index (χ0) is 12.8. The first-order chi connectivity index (χ1) is 8.81. The second kappa shape index (κ2) is 7.24. The van der Waals surface area contributed by atoms with Crippen molar-refractivity contribution in [2.24, 2.45) is 5.84 Å². The van der Waals surface area contributed by atoms with Gasteiger partial charge in [-0.3, -0.25) is 11.3 Å². The number of hydrazine groups is 1. The average molecular weight is 268 g/mol.